The van der Waals surface area contributed by atoms with Crippen molar-refractivity contribution < 1.29 is 14.7 Å². The summed E-state index contributed by atoms with van der Waals surface area (Å²) >= 11 is 8.94. The first-order valence-corrected chi connectivity index (χ1v) is 10.9. The summed E-state index contributed by atoms with van der Waals surface area (Å²) in [6.07, 6.45) is 3.55. The summed E-state index contributed by atoms with van der Waals surface area (Å²) in [7, 11) is 0. The summed E-state index contributed by atoms with van der Waals surface area (Å²) in [6, 6.07) is 7.11. The highest BCUT2D eigenvalue weighted by Crippen LogP contribution is 2.22. The number of hydrogen-bond acceptors (Lipinski definition) is 6. The molecule has 1 amide bonds. The molecule has 0 aliphatic rings. The fraction of sp³-hybridized carbons (Fsp3) is 0.333. The summed E-state index contributed by atoms with van der Waals surface area (Å²) < 4.78 is 0. The molecule has 0 bridgehead atoms. The number of thioether (sulfide) groups is 2. The van der Waals surface area contributed by atoms with Gasteiger partial charge in [0, 0.05) is 5.75 Å². The van der Waals surface area contributed by atoms with Gasteiger partial charge in [-0.1, -0.05) is 53.2 Å². The lowest BCUT2D eigenvalue weighted by Gasteiger charge is -2.14. The van der Waals surface area contributed by atoms with Gasteiger partial charge in [0.25, 0.3) is 5.91 Å². The first-order valence-electron chi connectivity index (χ1n) is 8.14. The van der Waals surface area contributed by atoms with E-state index in [0.717, 1.165) is 5.56 Å². The van der Waals surface area contributed by atoms with Crippen molar-refractivity contribution in [2.75, 3.05) is 12.0 Å². The smallest absolute Gasteiger partial charge is 0.326 e. The first-order chi connectivity index (χ1) is 12.9. The minimum absolute atomic E-state index is 0.0199. The number of rotatable bonds is 9. The number of carbonyl (C=O) groups is 2. The second-order valence-corrected chi connectivity index (χ2v) is 8.10. The van der Waals surface area contributed by atoms with E-state index in [1.165, 1.54) is 35.3 Å². The molecule has 144 valence electrons. The van der Waals surface area contributed by atoms with Gasteiger partial charge >= 0.3 is 5.97 Å². The molecule has 2 rings (SSSR count). The van der Waals surface area contributed by atoms with Gasteiger partial charge in [-0.15, -0.1) is 0 Å². The lowest BCUT2D eigenvalue weighted by Crippen LogP contribution is -2.41. The summed E-state index contributed by atoms with van der Waals surface area (Å²) in [5, 5.41) is 12.2. The maximum Gasteiger partial charge on any atom is 0.326 e. The highest BCUT2D eigenvalue weighted by Gasteiger charge is 2.23. The zero-order valence-corrected chi connectivity index (χ0v) is 17.3. The van der Waals surface area contributed by atoms with Gasteiger partial charge in [-0.25, -0.2) is 14.8 Å². The van der Waals surface area contributed by atoms with Crippen LogP contribution in [0.25, 0.3) is 0 Å². The predicted octanol–water partition coefficient (Wildman–Crippen LogP) is 3.67. The van der Waals surface area contributed by atoms with Gasteiger partial charge in [-0.2, -0.15) is 11.8 Å². The molecule has 27 heavy (non-hydrogen) atoms. The largest absolute Gasteiger partial charge is 0.480 e. The molecule has 9 heteroatoms. The number of carboxylic acid groups (broad SMARTS) is 1. The number of benzene rings is 1. The van der Waals surface area contributed by atoms with Crippen LogP contribution in [0, 0.1) is 6.92 Å². The number of carbonyl (C=O) groups excluding carboxylic acids is 1. The average Bonchev–Trinajstić information content (AvgIpc) is 2.65. The Bertz CT molecular complexity index is 803. The number of aliphatic carboxylic acids is 1. The molecule has 0 aliphatic heterocycles. The minimum atomic E-state index is -1.09. The third kappa shape index (κ3) is 6.71. The molecule has 1 atom stereocenters. The number of aryl methyl sites for hydroxylation is 1. The van der Waals surface area contributed by atoms with E-state index in [4.69, 9.17) is 11.6 Å². The molecule has 1 unspecified atom stereocenters. The van der Waals surface area contributed by atoms with E-state index in [0.29, 0.717) is 23.1 Å². The molecule has 0 saturated carbocycles. The van der Waals surface area contributed by atoms with Crippen LogP contribution in [-0.2, 0) is 10.5 Å². The van der Waals surface area contributed by atoms with Gasteiger partial charge in [0.2, 0.25) is 0 Å². The fourth-order valence-electron chi connectivity index (χ4n) is 2.13. The zero-order chi connectivity index (χ0) is 19.8. The third-order valence-electron chi connectivity index (χ3n) is 3.64. The monoisotopic (exact) mass is 425 g/mol. The van der Waals surface area contributed by atoms with E-state index >= 15 is 0 Å². The molecule has 0 aliphatic carbocycles. The van der Waals surface area contributed by atoms with E-state index in [-0.39, 0.29) is 10.7 Å². The summed E-state index contributed by atoms with van der Waals surface area (Å²) in [5.74, 6) is -0.439. The van der Waals surface area contributed by atoms with Crippen LogP contribution >= 0.6 is 35.1 Å². The van der Waals surface area contributed by atoms with E-state index in [1.54, 1.807) is 0 Å². The van der Waals surface area contributed by atoms with E-state index in [2.05, 4.69) is 15.3 Å². The molecule has 1 heterocycles. The van der Waals surface area contributed by atoms with Crippen LogP contribution in [0.15, 0.2) is 35.6 Å². The molecule has 6 nitrogen and oxygen atoms in total. The normalized spacial score (nSPS) is 11.8. The Balaban J connectivity index is 2.07. The number of hydrogen-bond donors (Lipinski definition) is 2. The van der Waals surface area contributed by atoms with Gasteiger partial charge in [-0.05, 0) is 30.9 Å². The minimum Gasteiger partial charge on any atom is -0.480 e. The van der Waals surface area contributed by atoms with Crippen molar-refractivity contribution in [1.82, 2.24) is 15.3 Å². The Kier molecular flexibility index (Phi) is 8.40. The topological polar surface area (TPSA) is 92.2 Å². The van der Waals surface area contributed by atoms with Crippen LogP contribution in [0.4, 0.5) is 0 Å². The van der Waals surface area contributed by atoms with E-state index in [1.807, 2.05) is 37.4 Å². The second kappa shape index (κ2) is 10.5. The molecule has 1 aromatic heterocycles. The van der Waals surface area contributed by atoms with Crippen LogP contribution < -0.4 is 5.32 Å². The van der Waals surface area contributed by atoms with Gasteiger partial charge in [0.15, 0.2) is 10.9 Å². The second-order valence-electron chi connectivity index (χ2n) is 5.77. The van der Waals surface area contributed by atoms with Crippen molar-refractivity contribution in [3.63, 3.8) is 0 Å². The molecule has 2 N–H and O–H groups in total. The van der Waals surface area contributed by atoms with Crippen molar-refractivity contribution in [3.8, 4) is 0 Å². The van der Waals surface area contributed by atoms with Crippen molar-refractivity contribution in [2.24, 2.45) is 0 Å². The lowest BCUT2D eigenvalue weighted by atomic mass is 10.2. The standard InChI is InChI=1S/C18H20ClN3O3S2/c1-11-3-5-12(6-4-11)10-27-18-20-9-13(19)15(22-18)16(23)21-14(17(24)25)7-8-26-2/h3-6,9,14H,7-8,10H2,1-2H3,(H,21,23)(H,24,25). The van der Waals surface area contributed by atoms with Crippen molar-refractivity contribution in [1.29, 1.82) is 0 Å². The third-order valence-corrected chi connectivity index (χ3v) is 5.49. The van der Waals surface area contributed by atoms with Crippen molar-refractivity contribution in [2.45, 2.75) is 30.3 Å². The molecule has 0 spiro atoms. The first kappa shape index (κ1) is 21.5. The van der Waals surface area contributed by atoms with Gasteiger partial charge in [-0.3, -0.25) is 4.79 Å². The summed E-state index contributed by atoms with van der Waals surface area (Å²) in [4.78, 5) is 32.1. The molecule has 0 saturated heterocycles. The molecule has 1 aromatic carbocycles. The Morgan fingerprint density at radius 3 is 2.63 bits per heavy atom. The predicted molar refractivity (Wildman–Crippen MR) is 110 cm³/mol. The Morgan fingerprint density at radius 2 is 2.00 bits per heavy atom. The highest BCUT2D eigenvalue weighted by molar-refractivity contribution is 7.98. The maximum absolute atomic E-state index is 12.4. The molecule has 0 radical (unpaired) electrons. The number of halogens is 1. The Labute approximate surface area is 171 Å². The van der Waals surface area contributed by atoms with Crippen molar-refractivity contribution >= 4 is 47.0 Å². The lowest BCUT2D eigenvalue weighted by molar-refractivity contribution is -0.139. The van der Waals surface area contributed by atoms with Crippen LogP contribution in [0.5, 0.6) is 0 Å². The van der Waals surface area contributed by atoms with Crippen molar-refractivity contribution in [3.05, 3.63) is 52.3 Å². The van der Waals surface area contributed by atoms with Crippen LogP contribution in [-0.4, -0.2) is 45.0 Å². The van der Waals surface area contributed by atoms with Gasteiger partial charge < -0.3 is 10.4 Å². The summed E-state index contributed by atoms with van der Waals surface area (Å²) in [6.45, 7) is 2.02. The highest BCUT2D eigenvalue weighted by atomic mass is 35.5. The van der Waals surface area contributed by atoms with E-state index < -0.39 is 17.9 Å². The van der Waals surface area contributed by atoms with E-state index in [9.17, 15) is 14.7 Å². The van der Waals surface area contributed by atoms with Gasteiger partial charge in [0.1, 0.15) is 6.04 Å². The summed E-state index contributed by atoms with van der Waals surface area (Å²) in [5.41, 5.74) is 2.27. The van der Waals surface area contributed by atoms with Crippen LogP contribution in [0.2, 0.25) is 5.02 Å². The quantitative estimate of drug-likeness (QED) is 0.467. The van der Waals surface area contributed by atoms with Crippen LogP contribution in [0.1, 0.15) is 28.0 Å². The SMILES string of the molecule is CSCCC(NC(=O)c1nc(SCc2ccc(C)cc2)ncc1Cl)C(=O)O. The number of nitrogens with one attached hydrogen (secondary N) is 1. The Hall–Kier alpha value is -1.77. The molecular formula is C18H20ClN3O3S2. The molecular weight excluding hydrogens is 406 g/mol. The van der Waals surface area contributed by atoms with Gasteiger partial charge in [0.05, 0.1) is 11.2 Å². The molecule has 2 aromatic rings. The molecule has 0 fully saturated rings. The number of nitrogens with zero attached hydrogens (tertiary/aromatic N) is 2. The fourth-order valence-corrected chi connectivity index (χ4v) is 3.55. The number of aromatic nitrogens is 2. The number of carboxylic acids is 1. The zero-order valence-electron chi connectivity index (χ0n) is 14.9. The Morgan fingerprint density at radius 1 is 1.30 bits per heavy atom. The average molecular weight is 426 g/mol. The van der Waals surface area contributed by atoms with Crippen LogP contribution in [0.3, 0.4) is 0 Å². The number of amides is 1. The maximum atomic E-state index is 12.4.